The van der Waals surface area contributed by atoms with Crippen LogP contribution in [0.5, 0.6) is 0 Å². The predicted molar refractivity (Wildman–Crippen MR) is 118 cm³/mol. The van der Waals surface area contributed by atoms with Gasteiger partial charge in [0.25, 0.3) is 0 Å². The van der Waals surface area contributed by atoms with Crippen LogP contribution in [0.2, 0.25) is 0 Å². The van der Waals surface area contributed by atoms with Crippen LogP contribution in [0.3, 0.4) is 0 Å². The lowest BCUT2D eigenvalue weighted by atomic mass is 10.0. The van der Waals surface area contributed by atoms with Crippen molar-refractivity contribution in [2.24, 2.45) is 0 Å². The standard InChI is InChI=1S/C24H42O4/c1-19(2)9-6-10-20(3)11-7-12-21(4)13-8-14-22(5)15-16-28-18-24(27)23(26)17-25/h9,11,13,15,23-27H,6-8,10,12,14,16-18H2,1-5H3/b20-11+,21-13+,22-15+. The number of rotatable bonds is 15. The maximum absolute atomic E-state index is 9.48. The monoisotopic (exact) mass is 394 g/mol. The molecule has 0 aliphatic rings. The van der Waals surface area contributed by atoms with E-state index in [9.17, 15) is 10.2 Å². The van der Waals surface area contributed by atoms with E-state index in [-0.39, 0.29) is 6.61 Å². The Morgan fingerprint density at radius 1 is 0.714 bits per heavy atom. The fourth-order valence-electron chi connectivity index (χ4n) is 2.61. The van der Waals surface area contributed by atoms with E-state index in [1.54, 1.807) is 0 Å². The second-order valence-corrected chi connectivity index (χ2v) is 7.90. The van der Waals surface area contributed by atoms with Crippen molar-refractivity contribution in [2.45, 2.75) is 85.4 Å². The number of allylic oxidation sites excluding steroid dienone is 7. The average Bonchev–Trinajstić information content (AvgIpc) is 2.64. The largest absolute Gasteiger partial charge is 0.394 e. The Kier molecular flexibility index (Phi) is 16.0. The molecule has 0 aliphatic heterocycles. The summed E-state index contributed by atoms with van der Waals surface area (Å²) < 4.78 is 5.31. The highest BCUT2D eigenvalue weighted by atomic mass is 16.5. The molecule has 4 nitrogen and oxygen atoms in total. The van der Waals surface area contributed by atoms with Gasteiger partial charge in [0, 0.05) is 0 Å². The lowest BCUT2D eigenvalue weighted by Crippen LogP contribution is -2.33. The van der Waals surface area contributed by atoms with Crippen molar-refractivity contribution in [3.63, 3.8) is 0 Å². The quantitative estimate of drug-likeness (QED) is 0.274. The molecule has 0 saturated heterocycles. The minimum Gasteiger partial charge on any atom is -0.394 e. The minimum absolute atomic E-state index is 0.0196. The SMILES string of the molecule is CC(C)=CCC/C(C)=C/CC/C(C)=C/CC/C(C)=C/COCC(O)C(O)CO. The van der Waals surface area contributed by atoms with Gasteiger partial charge in [-0.3, -0.25) is 0 Å². The third-order valence-electron chi connectivity index (χ3n) is 4.62. The summed E-state index contributed by atoms with van der Waals surface area (Å²) in [5, 5.41) is 27.5. The summed E-state index contributed by atoms with van der Waals surface area (Å²) in [5.41, 5.74) is 5.54. The van der Waals surface area contributed by atoms with Gasteiger partial charge in [-0.1, -0.05) is 46.6 Å². The molecule has 0 aromatic carbocycles. The van der Waals surface area contributed by atoms with Gasteiger partial charge >= 0.3 is 0 Å². The van der Waals surface area contributed by atoms with Gasteiger partial charge in [-0.25, -0.2) is 0 Å². The molecule has 0 spiro atoms. The summed E-state index contributed by atoms with van der Waals surface area (Å²) in [6.45, 7) is 10.7. The summed E-state index contributed by atoms with van der Waals surface area (Å²) in [6, 6.07) is 0. The van der Waals surface area contributed by atoms with Gasteiger partial charge < -0.3 is 20.1 Å². The van der Waals surface area contributed by atoms with E-state index in [1.807, 2.05) is 6.08 Å². The summed E-state index contributed by atoms with van der Waals surface area (Å²) in [5.74, 6) is 0. The van der Waals surface area contributed by atoms with Crippen molar-refractivity contribution in [3.05, 3.63) is 46.6 Å². The van der Waals surface area contributed by atoms with Crippen molar-refractivity contribution in [1.29, 1.82) is 0 Å². The van der Waals surface area contributed by atoms with Crippen LogP contribution in [-0.2, 0) is 4.74 Å². The van der Waals surface area contributed by atoms with Crippen molar-refractivity contribution < 1.29 is 20.1 Å². The third-order valence-corrected chi connectivity index (χ3v) is 4.62. The zero-order chi connectivity index (χ0) is 21.4. The van der Waals surface area contributed by atoms with Crippen LogP contribution in [0.4, 0.5) is 0 Å². The molecule has 3 N–H and O–H groups in total. The molecule has 0 fully saturated rings. The highest BCUT2D eigenvalue weighted by Gasteiger charge is 2.14. The first-order chi connectivity index (χ1) is 13.3. The van der Waals surface area contributed by atoms with Crippen LogP contribution < -0.4 is 0 Å². The Morgan fingerprint density at radius 2 is 1.18 bits per heavy atom. The molecule has 0 amide bonds. The van der Waals surface area contributed by atoms with Crippen molar-refractivity contribution >= 4 is 0 Å². The Hall–Kier alpha value is -1.20. The molecule has 0 heterocycles. The number of aliphatic hydroxyl groups excluding tert-OH is 3. The number of hydrogen-bond donors (Lipinski definition) is 3. The molecule has 0 bridgehead atoms. The molecule has 0 radical (unpaired) electrons. The van der Waals surface area contributed by atoms with Crippen molar-refractivity contribution in [1.82, 2.24) is 0 Å². The van der Waals surface area contributed by atoms with Crippen LogP contribution in [0.1, 0.15) is 73.1 Å². The first kappa shape index (κ1) is 26.8. The van der Waals surface area contributed by atoms with Gasteiger partial charge in [-0.05, 0) is 73.1 Å². The molecule has 2 unspecified atom stereocenters. The average molecular weight is 395 g/mol. The van der Waals surface area contributed by atoms with Crippen molar-refractivity contribution in [2.75, 3.05) is 19.8 Å². The highest BCUT2D eigenvalue weighted by molar-refractivity contribution is 5.07. The molecule has 0 aliphatic carbocycles. The summed E-state index contributed by atoms with van der Waals surface area (Å²) in [7, 11) is 0. The van der Waals surface area contributed by atoms with Gasteiger partial charge in [0.1, 0.15) is 12.2 Å². The lowest BCUT2D eigenvalue weighted by Gasteiger charge is -2.14. The highest BCUT2D eigenvalue weighted by Crippen LogP contribution is 2.13. The van der Waals surface area contributed by atoms with Gasteiger partial charge in [-0.15, -0.1) is 0 Å². The van der Waals surface area contributed by atoms with Gasteiger partial charge in [0.2, 0.25) is 0 Å². The maximum Gasteiger partial charge on any atom is 0.105 e. The smallest absolute Gasteiger partial charge is 0.105 e. The number of ether oxygens (including phenoxy) is 1. The predicted octanol–water partition coefficient (Wildman–Crippen LogP) is 4.86. The Labute approximate surface area is 172 Å². The van der Waals surface area contributed by atoms with Crippen molar-refractivity contribution in [3.8, 4) is 0 Å². The second-order valence-electron chi connectivity index (χ2n) is 7.90. The summed E-state index contributed by atoms with van der Waals surface area (Å²) >= 11 is 0. The third kappa shape index (κ3) is 15.8. The molecular formula is C24H42O4. The molecule has 0 aromatic rings. The molecule has 4 heteroatoms. The lowest BCUT2D eigenvalue weighted by molar-refractivity contribution is -0.0527. The fourth-order valence-corrected chi connectivity index (χ4v) is 2.61. The van der Waals surface area contributed by atoms with Crippen LogP contribution in [0, 0.1) is 0 Å². The van der Waals surface area contributed by atoms with E-state index in [1.165, 1.54) is 22.3 Å². The normalized spacial score (nSPS) is 15.5. The molecular weight excluding hydrogens is 352 g/mol. The maximum atomic E-state index is 9.48. The second kappa shape index (κ2) is 16.7. The summed E-state index contributed by atoms with van der Waals surface area (Å²) in [4.78, 5) is 0. The number of hydrogen-bond acceptors (Lipinski definition) is 4. The van der Waals surface area contributed by atoms with E-state index in [2.05, 4.69) is 52.8 Å². The zero-order valence-electron chi connectivity index (χ0n) is 18.6. The minimum atomic E-state index is -1.14. The topological polar surface area (TPSA) is 69.9 Å². The first-order valence-corrected chi connectivity index (χ1v) is 10.4. The molecule has 0 aromatic heterocycles. The number of aliphatic hydroxyl groups is 3. The van der Waals surface area contributed by atoms with Crippen LogP contribution >= 0.6 is 0 Å². The Bertz CT molecular complexity index is 525. The van der Waals surface area contributed by atoms with Gasteiger partial charge in [-0.2, -0.15) is 0 Å². The van der Waals surface area contributed by atoms with E-state index < -0.39 is 18.8 Å². The molecule has 28 heavy (non-hydrogen) atoms. The zero-order valence-corrected chi connectivity index (χ0v) is 18.6. The molecule has 0 saturated carbocycles. The molecule has 0 rings (SSSR count). The van der Waals surface area contributed by atoms with Gasteiger partial charge in [0.15, 0.2) is 0 Å². The molecule has 162 valence electrons. The van der Waals surface area contributed by atoms with Crippen LogP contribution in [0.15, 0.2) is 46.6 Å². The van der Waals surface area contributed by atoms with E-state index in [0.717, 1.165) is 38.5 Å². The fraction of sp³-hybridized carbons (Fsp3) is 0.667. The molecule has 2 atom stereocenters. The Balaban J connectivity index is 3.98. The van der Waals surface area contributed by atoms with Crippen LogP contribution in [0.25, 0.3) is 0 Å². The van der Waals surface area contributed by atoms with E-state index in [0.29, 0.717) is 6.61 Å². The first-order valence-electron chi connectivity index (χ1n) is 10.4. The summed E-state index contributed by atoms with van der Waals surface area (Å²) in [6.07, 6.45) is 13.3. The van der Waals surface area contributed by atoms with E-state index in [4.69, 9.17) is 9.84 Å². The van der Waals surface area contributed by atoms with E-state index >= 15 is 0 Å². The Morgan fingerprint density at radius 3 is 1.64 bits per heavy atom. The van der Waals surface area contributed by atoms with Crippen LogP contribution in [-0.4, -0.2) is 47.3 Å². The van der Waals surface area contributed by atoms with Gasteiger partial charge in [0.05, 0.1) is 19.8 Å².